The van der Waals surface area contributed by atoms with E-state index in [1.807, 2.05) is 0 Å². The highest BCUT2D eigenvalue weighted by Gasteiger charge is 2.08. The van der Waals surface area contributed by atoms with Gasteiger partial charge in [0, 0.05) is 0 Å². The first-order valence-electron chi connectivity index (χ1n) is 4.36. The zero-order valence-electron chi connectivity index (χ0n) is 8.79. The monoisotopic (exact) mass is 240 g/mol. The highest BCUT2D eigenvalue weighted by molar-refractivity contribution is 7.16. The van der Waals surface area contributed by atoms with E-state index in [0.717, 1.165) is 4.88 Å². The van der Waals surface area contributed by atoms with Crippen molar-refractivity contribution in [2.45, 2.75) is 19.6 Å². The maximum absolute atomic E-state index is 10.3. The third-order valence-electron chi connectivity index (χ3n) is 1.28. The number of thiazole rings is 1. The molecule has 0 aromatic carbocycles. The van der Waals surface area contributed by atoms with Crippen molar-refractivity contribution in [2.24, 2.45) is 0 Å². The van der Waals surface area contributed by atoms with Crippen LogP contribution in [0.15, 0.2) is 6.20 Å². The van der Waals surface area contributed by atoms with Gasteiger partial charge in [-0.2, -0.15) is 0 Å². The van der Waals surface area contributed by atoms with Crippen LogP contribution >= 0.6 is 11.3 Å². The molecule has 1 rings (SSSR count). The molecule has 4 nitrogen and oxygen atoms in total. The summed E-state index contributed by atoms with van der Waals surface area (Å²) in [7, 11) is -1.38. The smallest absolute Gasteiger partial charge is 0.410 e. The summed E-state index contributed by atoms with van der Waals surface area (Å²) in [6.07, 6.45) is 0.484. The van der Waals surface area contributed by atoms with Crippen LogP contribution in [0.1, 0.15) is 4.88 Å². The van der Waals surface area contributed by atoms with Crippen molar-refractivity contribution in [3.05, 3.63) is 11.1 Å². The maximum atomic E-state index is 10.3. The van der Waals surface area contributed by atoms with E-state index >= 15 is 0 Å². The third-order valence-corrected chi connectivity index (χ3v) is 2.98. The molecular weight excluding hydrogens is 228 g/mol. The molecule has 6 heteroatoms. The summed E-state index contributed by atoms with van der Waals surface area (Å²) in [6.45, 7) is 6.45. The molecule has 0 aliphatic carbocycles. The zero-order valence-corrected chi connectivity index (χ0v) is 10.6. The largest absolute Gasteiger partial charge is 0.465 e. The van der Waals surface area contributed by atoms with Crippen molar-refractivity contribution >= 4 is 30.6 Å². The minimum absolute atomic E-state index is 0.363. The molecule has 0 atom stereocenters. The summed E-state index contributed by atoms with van der Waals surface area (Å²) in [5.41, 5.74) is 3.19. The van der Waals surface area contributed by atoms with Gasteiger partial charge in [-0.05, 0) is 0 Å². The van der Waals surface area contributed by atoms with Gasteiger partial charge < -0.3 is 5.11 Å². The van der Waals surface area contributed by atoms with Crippen LogP contribution in [0.5, 0.6) is 0 Å². The molecule has 0 aliphatic rings. The standard InChI is InChI=1S/C9H12N2O2SSi/c1-15(2,3)5-4-7-6-10-8(14-7)11-9(12)13/h6H,1-3H3,(H,10,11)(H,12,13). The minimum atomic E-state index is -1.38. The summed E-state index contributed by atoms with van der Waals surface area (Å²) in [5.74, 6) is 3.01. The first kappa shape index (κ1) is 11.7. The number of amides is 1. The number of nitrogens with one attached hydrogen (secondary N) is 1. The van der Waals surface area contributed by atoms with Gasteiger partial charge in [-0.15, -0.1) is 5.54 Å². The molecule has 0 radical (unpaired) electrons. The van der Waals surface area contributed by atoms with Gasteiger partial charge in [0.15, 0.2) is 5.13 Å². The number of hydrogen-bond acceptors (Lipinski definition) is 3. The molecule has 0 spiro atoms. The second-order valence-corrected chi connectivity index (χ2v) is 9.74. The molecule has 1 heterocycles. The van der Waals surface area contributed by atoms with E-state index in [2.05, 4.69) is 41.4 Å². The van der Waals surface area contributed by atoms with Crippen LogP contribution in [0.4, 0.5) is 9.93 Å². The second kappa shape index (κ2) is 4.46. The fourth-order valence-electron chi connectivity index (χ4n) is 0.730. The molecule has 0 aliphatic heterocycles. The molecule has 0 fully saturated rings. The Balaban J connectivity index is 2.75. The number of nitrogens with zero attached hydrogens (tertiary/aromatic N) is 1. The summed E-state index contributed by atoms with van der Waals surface area (Å²) in [6, 6.07) is 0. The average molecular weight is 240 g/mol. The molecule has 2 N–H and O–H groups in total. The van der Waals surface area contributed by atoms with Crippen molar-refractivity contribution in [3.8, 4) is 11.5 Å². The van der Waals surface area contributed by atoms with E-state index in [1.54, 1.807) is 6.20 Å². The first-order valence-corrected chi connectivity index (χ1v) is 8.67. The molecule has 0 bridgehead atoms. The molecular formula is C9H12N2O2SSi. The predicted molar refractivity (Wildman–Crippen MR) is 64.0 cm³/mol. The Bertz CT molecular complexity index is 425. The van der Waals surface area contributed by atoms with Gasteiger partial charge in [0.25, 0.3) is 0 Å². The van der Waals surface area contributed by atoms with Crippen LogP contribution in [0, 0.1) is 11.5 Å². The molecule has 80 valence electrons. The van der Waals surface area contributed by atoms with Crippen LogP contribution in [-0.4, -0.2) is 24.3 Å². The molecule has 1 amide bonds. The number of anilines is 1. The zero-order chi connectivity index (χ0) is 11.5. The normalized spacial score (nSPS) is 10.3. The van der Waals surface area contributed by atoms with E-state index in [-0.39, 0.29) is 0 Å². The van der Waals surface area contributed by atoms with Crippen LogP contribution < -0.4 is 5.32 Å². The Morgan fingerprint density at radius 1 is 1.60 bits per heavy atom. The molecule has 1 aromatic rings. The van der Waals surface area contributed by atoms with Crippen molar-refractivity contribution in [2.75, 3.05) is 5.32 Å². The number of hydrogen-bond donors (Lipinski definition) is 2. The lowest BCUT2D eigenvalue weighted by Gasteiger charge is -2.02. The summed E-state index contributed by atoms with van der Waals surface area (Å²) < 4.78 is 0. The van der Waals surface area contributed by atoms with Crippen LogP contribution in [0.3, 0.4) is 0 Å². The maximum Gasteiger partial charge on any atom is 0.410 e. The number of carbonyl (C=O) groups is 1. The van der Waals surface area contributed by atoms with E-state index in [1.165, 1.54) is 11.3 Å². The average Bonchev–Trinajstić information content (AvgIpc) is 2.46. The van der Waals surface area contributed by atoms with Gasteiger partial charge in [-0.3, -0.25) is 5.32 Å². The van der Waals surface area contributed by atoms with Crippen LogP contribution in [0.2, 0.25) is 19.6 Å². The minimum Gasteiger partial charge on any atom is -0.465 e. The second-order valence-electron chi connectivity index (χ2n) is 3.96. The molecule has 15 heavy (non-hydrogen) atoms. The van der Waals surface area contributed by atoms with Gasteiger partial charge in [-0.25, -0.2) is 9.78 Å². The topological polar surface area (TPSA) is 62.2 Å². The van der Waals surface area contributed by atoms with Crippen LogP contribution in [-0.2, 0) is 0 Å². The van der Waals surface area contributed by atoms with Gasteiger partial charge in [0.05, 0.1) is 11.1 Å². The Morgan fingerprint density at radius 3 is 2.80 bits per heavy atom. The Hall–Kier alpha value is -1.32. The third kappa shape index (κ3) is 4.62. The van der Waals surface area contributed by atoms with E-state index in [4.69, 9.17) is 5.11 Å². The van der Waals surface area contributed by atoms with Gasteiger partial charge in [0.2, 0.25) is 0 Å². The Morgan fingerprint density at radius 2 is 2.27 bits per heavy atom. The van der Waals surface area contributed by atoms with Gasteiger partial charge >= 0.3 is 6.09 Å². The van der Waals surface area contributed by atoms with Crippen molar-refractivity contribution in [3.63, 3.8) is 0 Å². The van der Waals surface area contributed by atoms with Crippen molar-refractivity contribution < 1.29 is 9.90 Å². The summed E-state index contributed by atoms with van der Waals surface area (Å²) in [4.78, 5) is 15.0. The van der Waals surface area contributed by atoms with Crippen molar-refractivity contribution in [1.29, 1.82) is 0 Å². The van der Waals surface area contributed by atoms with Gasteiger partial charge in [-0.1, -0.05) is 36.9 Å². The SMILES string of the molecule is C[Si](C)(C)C#Cc1cnc(NC(=O)O)s1. The summed E-state index contributed by atoms with van der Waals surface area (Å²) in [5, 5.41) is 11.0. The molecule has 1 aromatic heterocycles. The fraction of sp³-hybridized carbons (Fsp3) is 0.333. The number of carboxylic acid groups (broad SMARTS) is 1. The van der Waals surface area contributed by atoms with Gasteiger partial charge in [0.1, 0.15) is 8.07 Å². The van der Waals surface area contributed by atoms with Crippen molar-refractivity contribution in [1.82, 2.24) is 4.98 Å². The van der Waals surface area contributed by atoms with E-state index in [0.29, 0.717) is 5.13 Å². The summed E-state index contributed by atoms with van der Waals surface area (Å²) >= 11 is 1.25. The molecule has 0 unspecified atom stereocenters. The first-order chi connectivity index (χ1) is 6.87. The Labute approximate surface area is 93.4 Å². The lowest BCUT2D eigenvalue weighted by Crippen LogP contribution is -2.16. The van der Waals surface area contributed by atoms with Crippen LogP contribution in [0.25, 0.3) is 0 Å². The fourth-order valence-corrected chi connectivity index (χ4v) is 1.99. The number of rotatable bonds is 1. The Kier molecular flexibility index (Phi) is 3.50. The lowest BCUT2D eigenvalue weighted by molar-refractivity contribution is 0.209. The molecule has 0 saturated carbocycles. The quantitative estimate of drug-likeness (QED) is 0.585. The lowest BCUT2D eigenvalue weighted by atomic mass is 10.6. The van der Waals surface area contributed by atoms with E-state index in [9.17, 15) is 4.79 Å². The number of aromatic nitrogens is 1. The molecule has 0 saturated heterocycles. The van der Waals surface area contributed by atoms with E-state index < -0.39 is 14.2 Å². The highest BCUT2D eigenvalue weighted by Crippen LogP contribution is 2.16. The predicted octanol–water partition coefficient (Wildman–Crippen LogP) is 2.46. The highest BCUT2D eigenvalue weighted by atomic mass is 32.1.